The van der Waals surface area contributed by atoms with E-state index in [-0.39, 0.29) is 0 Å². The Morgan fingerprint density at radius 1 is 1.38 bits per heavy atom. The second-order valence-electron chi connectivity index (χ2n) is 5.10. The van der Waals surface area contributed by atoms with Crippen molar-refractivity contribution in [2.45, 2.75) is 20.4 Å². The van der Waals surface area contributed by atoms with Crippen LogP contribution in [0.1, 0.15) is 17.4 Å². The molecule has 0 bridgehead atoms. The normalized spacial score (nSPS) is 17.0. The predicted octanol–water partition coefficient (Wildman–Crippen LogP) is 1.44. The molecule has 0 aliphatic carbocycles. The third-order valence-corrected chi connectivity index (χ3v) is 4.53. The maximum atomic E-state index is 5.36. The highest BCUT2D eigenvalue weighted by atomic mass is 32.1. The van der Waals surface area contributed by atoms with Crippen molar-refractivity contribution in [1.82, 2.24) is 15.5 Å². The van der Waals surface area contributed by atoms with Crippen LogP contribution >= 0.6 is 11.3 Å². The Morgan fingerprint density at radius 2 is 2.19 bits per heavy atom. The number of guanidine groups is 1. The van der Waals surface area contributed by atoms with Crippen molar-refractivity contribution in [2.75, 3.05) is 45.9 Å². The lowest BCUT2D eigenvalue weighted by molar-refractivity contribution is 0.0389. The van der Waals surface area contributed by atoms with Gasteiger partial charge in [-0.25, -0.2) is 4.99 Å². The molecule has 5 nitrogen and oxygen atoms in total. The Balaban J connectivity index is 1.76. The molecule has 118 valence electrons. The van der Waals surface area contributed by atoms with Gasteiger partial charge in [0.25, 0.3) is 0 Å². The van der Waals surface area contributed by atoms with E-state index in [1.807, 2.05) is 0 Å². The first-order chi connectivity index (χ1) is 10.3. The average Bonchev–Trinajstić information content (AvgIpc) is 2.91. The van der Waals surface area contributed by atoms with Gasteiger partial charge in [0.05, 0.1) is 19.8 Å². The molecule has 0 amide bonds. The van der Waals surface area contributed by atoms with Crippen molar-refractivity contribution >= 4 is 17.3 Å². The fourth-order valence-electron chi connectivity index (χ4n) is 2.22. The zero-order valence-electron chi connectivity index (χ0n) is 13.0. The second kappa shape index (κ2) is 9.02. The van der Waals surface area contributed by atoms with E-state index in [2.05, 4.69) is 45.8 Å². The summed E-state index contributed by atoms with van der Waals surface area (Å²) in [5.74, 6) is 0.901. The quantitative estimate of drug-likeness (QED) is 0.617. The summed E-state index contributed by atoms with van der Waals surface area (Å²) in [5, 5.41) is 8.84. The van der Waals surface area contributed by atoms with Crippen LogP contribution in [0.5, 0.6) is 0 Å². The number of aliphatic imine (C=N–C) groups is 1. The SMILES string of the molecule is CCNC(=NCc1sccc1C)NCCN1CCOCC1. The van der Waals surface area contributed by atoms with E-state index in [9.17, 15) is 0 Å². The van der Waals surface area contributed by atoms with E-state index in [1.165, 1.54) is 10.4 Å². The third-order valence-electron chi connectivity index (χ3n) is 3.52. The fourth-order valence-corrected chi connectivity index (χ4v) is 3.05. The molecular formula is C15H26N4OS. The molecule has 0 unspecified atom stereocenters. The minimum absolute atomic E-state index is 0.746. The lowest BCUT2D eigenvalue weighted by atomic mass is 10.3. The van der Waals surface area contributed by atoms with Crippen molar-refractivity contribution < 1.29 is 4.74 Å². The first-order valence-corrected chi connectivity index (χ1v) is 8.53. The third kappa shape index (κ3) is 5.65. The van der Waals surface area contributed by atoms with Gasteiger partial charge in [-0.3, -0.25) is 4.90 Å². The zero-order chi connectivity index (χ0) is 14.9. The van der Waals surface area contributed by atoms with Crippen molar-refractivity contribution in [1.29, 1.82) is 0 Å². The average molecular weight is 310 g/mol. The maximum absolute atomic E-state index is 5.36. The van der Waals surface area contributed by atoms with Crippen molar-refractivity contribution in [2.24, 2.45) is 4.99 Å². The number of nitrogens with one attached hydrogen (secondary N) is 2. The van der Waals surface area contributed by atoms with Crippen LogP contribution in [0.15, 0.2) is 16.4 Å². The molecular weight excluding hydrogens is 284 g/mol. The van der Waals surface area contributed by atoms with Crippen LogP contribution in [0.2, 0.25) is 0 Å². The van der Waals surface area contributed by atoms with Gasteiger partial charge >= 0.3 is 0 Å². The van der Waals surface area contributed by atoms with E-state index in [1.54, 1.807) is 11.3 Å². The highest BCUT2D eigenvalue weighted by Gasteiger charge is 2.09. The van der Waals surface area contributed by atoms with Crippen molar-refractivity contribution in [3.05, 3.63) is 21.9 Å². The van der Waals surface area contributed by atoms with Gasteiger partial charge in [0, 0.05) is 37.6 Å². The standard InChI is InChI=1S/C15H26N4OS/c1-3-16-15(18-12-14-13(2)4-11-21-14)17-5-6-19-7-9-20-10-8-19/h4,11H,3,5-10,12H2,1-2H3,(H2,16,17,18). The fraction of sp³-hybridized carbons (Fsp3) is 0.667. The molecule has 2 rings (SSSR count). The topological polar surface area (TPSA) is 48.9 Å². The molecule has 0 aromatic carbocycles. The van der Waals surface area contributed by atoms with Crippen molar-refractivity contribution in [3.63, 3.8) is 0 Å². The first kappa shape index (κ1) is 16.3. The van der Waals surface area contributed by atoms with E-state index >= 15 is 0 Å². The summed E-state index contributed by atoms with van der Waals surface area (Å²) < 4.78 is 5.36. The lowest BCUT2D eigenvalue weighted by Gasteiger charge is -2.26. The van der Waals surface area contributed by atoms with Gasteiger partial charge < -0.3 is 15.4 Å². The highest BCUT2D eigenvalue weighted by molar-refractivity contribution is 7.10. The van der Waals surface area contributed by atoms with Crippen molar-refractivity contribution in [3.8, 4) is 0 Å². The summed E-state index contributed by atoms with van der Waals surface area (Å²) in [7, 11) is 0. The number of rotatable bonds is 6. The Hall–Kier alpha value is -1.11. The zero-order valence-corrected chi connectivity index (χ0v) is 13.8. The van der Waals surface area contributed by atoms with Gasteiger partial charge in [0.1, 0.15) is 0 Å². The largest absolute Gasteiger partial charge is 0.379 e. The highest BCUT2D eigenvalue weighted by Crippen LogP contribution is 2.16. The van der Waals surface area contributed by atoms with Crippen LogP contribution in [0.3, 0.4) is 0 Å². The Kier molecular flexibility index (Phi) is 6.99. The van der Waals surface area contributed by atoms with E-state index in [4.69, 9.17) is 4.74 Å². The minimum Gasteiger partial charge on any atom is -0.379 e. The Labute approximate surface area is 131 Å². The smallest absolute Gasteiger partial charge is 0.191 e. The predicted molar refractivity (Wildman–Crippen MR) is 89.1 cm³/mol. The van der Waals surface area contributed by atoms with Gasteiger partial charge in [-0.05, 0) is 30.9 Å². The molecule has 0 saturated carbocycles. The second-order valence-corrected chi connectivity index (χ2v) is 6.10. The number of nitrogens with zero attached hydrogens (tertiary/aromatic N) is 2. The van der Waals surface area contributed by atoms with E-state index in [0.29, 0.717) is 0 Å². The number of morpholine rings is 1. The summed E-state index contributed by atoms with van der Waals surface area (Å²) in [4.78, 5) is 8.41. The summed E-state index contributed by atoms with van der Waals surface area (Å²) >= 11 is 1.77. The number of aryl methyl sites for hydroxylation is 1. The first-order valence-electron chi connectivity index (χ1n) is 7.65. The van der Waals surface area contributed by atoms with Gasteiger partial charge in [-0.15, -0.1) is 11.3 Å². The Bertz CT molecular complexity index is 441. The number of hydrogen-bond donors (Lipinski definition) is 2. The van der Waals surface area contributed by atoms with Gasteiger partial charge in [0.2, 0.25) is 0 Å². The van der Waals surface area contributed by atoms with Gasteiger partial charge in [-0.1, -0.05) is 0 Å². The van der Waals surface area contributed by atoms with E-state index in [0.717, 1.165) is 58.4 Å². The molecule has 0 atom stereocenters. The summed E-state index contributed by atoms with van der Waals surface area (Å²) in [6.07, 6.45) is 0. The number of thiophene rings is 1. The number of hydrogen-bond acceptors (Lipinski definition) is 4. The monoisotopic (exact) mass is 310 g/mol. The minimum atomic E-state index is 0.746. The molecule has 0 spiro atoms. The van der Waals surface area contributed by atoms with Crippen LogP contribution in [0, 0.1) is 6.92 Å². The number of ether oxygens (including phenoxy) is 1. The molecule has 1 aromatic rings. The molecule has 6 heteroatoms. The summed E-state index contributed by atoms with van der Waals surface area (Å²) in [6.45, 7) is 11.6. The molecule has 21 heavy (non-hydrogen) atoms. The lowest BCUT2D eigenvalue weighted by Crippen LogP contribution is -2.44. The molecule has 1 aromatic heterocycles. The molecule has 1 saturated heterocycles. The van der Waals surface area contributed by atoms with Crippen LogP contribution in [-0.4, -0.2) is 56.8 Å². The van der Waals surface area contributed by atoms with Crippen LogP contribution in [-0.2, 0) is 11.3 Å². The molecule has 2 N–H and O–H groups in total. The molecule has 1 fully saturated rings. The maximum Gasteiger partial charge on any atom is 0.191 e. The Morgan fingerprint density at radius 3 is 2.86 bits per heavy atom. The molecule has 2 heterocycles. The van der Waals surface area contributed by atoms with E-state index < -0.39 is 0 Å². The van der Waals surface area contributed by atoms with Crippen LogP contribution < -0.4 is 10.6 Å². The van der Waals surface area contributed by atoms with Crippen LogP contribution in [0.25, 0.3) is 0 Å². The summed E-state index contributed by atoms with van der Waals surface area (Å²) in [6, 6.07) is 2.15. The molecule has 1 aliphatic rings. The van der Waals surface area contributed by atoms with Crippen LogP contribution in [0.4, 0.5) is 0 Å². The summed E-state index contributed by atoms with van der Waals surface area (Å²) in [5.41, 5.74) is 1.33. The molecule has 0 radical (unpaired) electrons. The van der Waals surface area contributed by atoms with Gasteiger partial charge in [0.15, 0.2) is 5.96 Å². The van der Waals surface area contributed by atoms with Gasteiger partial charge in [-0.2, -0.15) is 0 Å². The molecule has 1 aliphatic heterocycles.